The maximum absolute atomic E-state index is 10.2. The van der Waals surface area contributed by atoms with Gasteiger partial charge in [0.1, 0.15) is 5.75 Å². The zero-order valence-corrected chi connectivity index (χ0v) is 13.6. The number of aryl methyl sites for hydroxylation is 2. The molecular formula is C20H17N3O. The molecule has 4 nitrogen and oxygen atoms in total. The molecule has 0 aliphatic rings. The first-order valence-electron chi connectivity index (χ1n) is 7.85. The number of benzene rings is 2. The van der Waals surface area contributed by atoms with E-state index in [1.807, 2.05) is 73.1 Å². The van der Waals surface area contributed by atoms with Crippen molar-refractivity contribution < 1.29 is 5.11 Å². The third-order valence-corrected chi connectivity index (χ3v) is 4.14. The van der Waals surface area contributed by atoms with Crippen LogP contribution in [0.5, 0.6) is 5.75 Å². The van der Waals surface area contributed by atoms with E-state index in [0.29, 0.717) is 0 Å². The molecule has 2 heterocycles. The summed E-state index contributed by atoms with van der Waals surface area (Å²) >= 11 is 0. The standard InChI is InChI=1S/C20H17N3O/c1-13-8-11-19(24)17(12-13)18-10-9-16-14(2)22-23(20(16)21-18)15-6-4-3-5-7-15/h3-12,24H,1-2H3. The molecule has 0 radical (unpaired) electrons. The minimum Gasteiger partial charge on any atom is -0.507 e. The fourth-order valence-corrected chi connectivity index (χ4v) is 2.90. The fraction of sp³-hybridized carbons (Fsp3) is 0.100. The number of fused-ring (bicyclic) bond motifs is 1. The van der Waals surface area contributed by atoms with Gasteiger partial charge in [-0.2, -0.15) is 5.10 Å². The van der Waals surface area contributed by atoms with Crippen LogP contribution in [0.15, 0.2) is 60.7 Å². The minimum atomic E-state index is 0.231. The van der Waals surface area contributed by atoms with Crippen molar-refractivity contribution in [3.8, 4) is 22.7 Å². The molecule has 0 atom stereocenters. The Morgan fingerprint density at radius 2 is 1.71 bits per heavy atom. The van der Waals surface area contributed by atoms with Crippen molar-refractivity contribution in [3.05, 3.63) is 71.9 Å². The molecule has 0 bridgehead atoms. The van der Waals surface area contributed by atoms with Crippen molar-refractivity contribution in [2.75, 3.05) is 0 Å². The number of pyridine rings is 1. The van der Waals surface area contributed by atoms with Crippen LogP contribution in [-0.4, -0.2) is 19.9 Å². The lowest BCUT2D eigenvalue weighted by atomic mass is 10.1. The van der Waals surface area contributed by atoms with Crippen molar-refractivity contribution in [2.45, 2.75) is 13.8 Å². The maximum Gasteiger partial charge on any atom is 0.163 e. The van der Waals surface area contributed by atoms with E-state index in [0.717, 1.165) is 39.2 Å². The molecule has 0 spiro atoms. The molecule has 24 heavy (non-hydrogen) atoms. The third kappa shape index (κ3) is 2.33. The second kappa shape index (κ2) is 5.49. The van der Waals surface area contributed by atoms with Crippen molar-refractivity contribution in [3.63, 3.8) is 0 Å². The van der Waals surface area contributed by atoms with Gasteiger partial charge in [0.15, 0.2) is 5.65 Å². The van der Waals surface area contributed by atoms with Gasteiger partial charge in [0.25, 0.3) is 0 Å². The third-order valence-electron chi connectivity index (χ3n) is 4.14. The van der Waals surface area contributed by atoms with E-state index < -0.39 is 0 Å². The first kappa shape index (κ1) is 14.5. The van der Waals surface area contributed by atoms with Gasteiger partial charge in [-0.15, -0.1) is 0 Å². The molecule has 1 N–H and O–H groups in total. The highest BCUT2D eigenvalue weighted by atomic mass is 16.3. The number of nitrogens with zero attached hydrogens (tertiary/aromatic N) is 3. The van der Waals surface area contributed by atoms with Gasteiger partial charge in [0, 0.05) is 10.9 Å². The molecule has 118 valence electrons. The largest absolute Gasteiger partial charge is 0.507 e. The molecule has 2 aromatic carbocycles. The molecule has 4 rings (SSSR count). The van der Waals surface area contributed by atoms with E-state index in [4.69, 9.17) is 4.98 Å². The summed E-state index contributed by atoms with van der Waals surface area (Å²) in [6.45, 7) is 3.98. The lowest BCUT2D eigenvalue weighted by Crippen LogP contribution is -1.98. The topological polar surface area (TPSA) is 50.9 Å². The molecule has 2 aromatic heterocycles. The molecule has 0 aliphatic carbocycles. The van der Waals surface area contributed by atoms with Gasteiger partial charge in [-0.1, -0.05) is 29.8 Å². The van der Waals surface area contributed by atoms with Crippen molar-refractivity contribution >= 4 is 11.0 Å². The van der Waals surface area contributed by atoms with Crippen LogP contribution in [0.4, 0.5) is 0 Å². The Morgan fingerprint density at radius 1 is 0.917 bits per heavy atom. The highest BCUT2D eigenvalue weighted by molar-refractivity contribution is 5.83. The number of rotatable bonds is 2. The number of phenols is 1. The Kier molecular flexibility index (Phi) is 3.31. The smallest absolute Gasteiger partial charge is 0.163 e. The quantitative estimate of drug-likeness (QED) is 0.596. The van der Waals surface area contributed by atoms with E-state index in [9.17, 15) is 5.11 Å². The molecule has 0 aliphatic heterocycles. The number of hydrogen-bond acceptors (Lipinski definition) is 3. The van der Waals surface area contributed by atoms with Crippen LogP contribution < -0.4 is 0 Å². The summed E-state index contributed by atoms with van der Waals surface area (Å²) in [6, 6.07) is 19.4. The Morgan fingerprint density at radius 3 is 2.50 bits per heavy atom. The lowest BCUT2D eigenvalue weighted by molar-refractivity contribution is 0.477. The summed E-state index contributed by atoms with van der Waals surface area (Å²) in [5, 5.41) is 15.8. The second-order valence-corrected chi connectivity index (χ2v) is 5.92. The lowest BCUT2D eigenvalue weighted by Gasteiger charge is -2.07. The molecule has 4 heteroatoms. The van der Waals surface area contributed by atoms with Crippen LogP contribution in [0, 0.1) is 13.8 Å². The highest BCUT2D eigenvalue weighted by Gasteiger charge is 2.13. The molecule has 0 unspecified atom stereocenters. The number of phenolic OH excluding ortho intramolecular Hbond substituents is 1. The normalized spacial score (nSPS) is 11.1. The SMILES string of the molecule is Cc1ccc(O)c(-c2ccc3c(C)nn(-c4ccccc4)c3n2)c1. The molecule has 0 fully saturated rings. The van der Waals surface area contributed by atoms with E-state index in [2.05, 4.69) is 5.10 Å². The Balaban J connectivity index is 1.96. The number of para-hydroxylation sites is 1. The zero-order valence-electron chi connectivity index (χ0n) is 13.6. The van der Waals surface area contributed by atoms with Gasteiger partial charge in [-0.3, -0.25) is 0 Å². The maximum atomic E-state index is 10.2. The van der Waals surface area contributed by atoms with E-state index >= 15 is 0 Å². The molecular weight excluding hydrogens is 298 g/mol. The summed E-state index contributed by atoms with van der Waals surface area (Å²) < 4.78 is 1.85. The summed E-state index contributed by atoms with van der Waals surface area (Å²) in [7, 11) is 0. The highest BCUT2D eigenvalue weighted by Crippen LogP contribution is 2.31. The van der Waals surface area contributed by atoms with Crippen LogP contribution in [0.25, 0.3) is 28.0 Å². The summed E-state index contributed by atoms with van der Waals surface area (Å²) in [6.07, 6.45) is 0. The number of hydrogen-bond donors (Lipinski definition) is 1. The van der Waals surface area contributed by atoms with Crippen LogP contribution in [0.3, 0.4) is 0 Å². The summed E-state index contributed by atoms with van der Waals surface area (Å²) in [4.78, 5) is 4.79. The average molecular weight is 315 g/mol. The second-order valence-electron chi connectivity index (χ2n) is 5.92. The predicted molar refractivity (Wildman–Crippen MR) is 95.4 cm³/mol. The van der Waals surface area contributed by atoms with Crippen molar-refractivity contribution in [1.82, 2.24) is 14.8 Å². The Hall–Kier alpha value is -3.14. The first-order chi connectivity index (χ1) is 11.6. The molecule has 0 saturated carbocycles. The van der Waals surface area contributed by atoms with Crippen LogP contribution in [0.2, 0.25) is 0 Å². The van der Waals surface area contributed by atoms with Crippen LogP contribution >= 0.6 is 0 Å². The minimum absolute atomic E-state index is 0.231. The van der Waals surface area contributed by atoms with Crippen LogP contribution in [0.1, 0.15) is 11.3 Å². The predicted octanol–water partition coefficient (Wildman–Crippen LogP) is 4.41. The molecule has 0 amide bonds. The fourth-order valence-electron chi connectivity index (χ4n) is 2.90. The van der Waals surface area contributed by atoms with Crippen molar-refractivity contribution in [1.29, 1.82) is 0 Å². The number of aromatic hydroxyl groups is 1. The molecule has 0 saturated heterocycles. The van der Waals surface area contributed by atoms with E-state index in [1.165, 1.54) is 0 Å². The Bertz CT molecular complexity index is 1040. The van der Waals surface area contributed by atoms with E-state index in [1.54, 1.807) is 6.07 Å². The van der Waals surface area contributed by atoms with Gasteiger partial charge >= 0.3 is 0 Å². The van der Waals surface area contributed by atoms with Gasteiger partial charge in [-0.25, -0.2) is 9.67 Å². The first-order valence-corrected chi connectivity index (χ1v) is 7.85. The summed E-state index contributed by atoms with van der Waals surface area (Å²) in [5.41, 5.74) is 5.24. The van der Waals surface area contributed by atoms with Gasteiger partial charge in [0.05, 0.1) is 17.1 Å². The van der Waals surface area contributed by atoms with E-state index in [-0.39, 0.29) is 5.75 Å². The number of aromatic nitrogens is 3. The van der Waals surface area contributed by atoms with Gasteiger partial charge in [-0.05, 0) is 50.2 Å². The van der Waals surface area contributed by atoms with Gasteiger partial charge in [0.2, 0.25) is 0 Å². The zero-order chi connectivity index (χ0) is 16.7. The van der Waals surface area contributed by atoms with Gasteiger partial charge < -0.3 is 5.11 Å². The van der Waals surface area contributed by atoms with Crippen LogP contribution in [-0.2, 0) is 0 Å². The molecule has 4 aromatic rings. The monoisotopic (exact) mass is 315 g/mol. The average Bonchev–Trinajstić information content (AvgIpc) is 2.94. The van der Waals surface area contributed by atoms with Crippen molar-refractivity contribution in [2.24, 2.45) is 0 Å². The summed E-state index contributed by atoms with van der Waals surface area (Å²) in [5.74, 6) is 0.231. The Labute approximate surface area is 140 Å².